The summed E-state index contributed by atoms with van der Waals surface area (Å²) in [7, 11) is 2.22. The van der Waals surface area contributed by atoms with Gasteiger partial charge in [-0.1, -0.05) is 30.3 Å². The number of rotatable bonds is 4. The molecule has 0 N–H and O–H groups in total. The van der Waals surface area contributed by atoms with Gasteiger partial charge >= 0.3 is 0 Å². The van der Waals surface area contributed by atoms with Crippen molar-refractivity contribution in [3.05, 3.63) is 47.7 Å². The summed E-state index contributed by atoms with van der Waals surface area (Å²) >= 11 is 0. The topological polar surface area (TPSA) is 45.4 Å². The quantitative estimate of drug-likeness (QED) is 0.864. The van der Waals surface area contributed by atoms with Crippen LogP contribution in [0, 0.1) is 0 Å². The Hall–Kier alpha value is -1.72. The highest BCUT2D eigenvalue weighted by Gasteiger charge is 2.33. The molecule has 2 aliphatic rings. The predicted molar refractivity (Wildman–Crippen MR) is 93.0 cm³/mol. The number of hydrogen-bond acceptors (Lipinski definition) is 5. The Morgan fingerprint density at radius 3 is 2.62 bits per heavy atom. The van der Waals surface area contributed by atoms with Crippen LogP contribution in [0.2, 0.25) is 0 Å². The molecule has 0 saturated carbocycles. The van der Waals surface area contributed by atoms with Crippen molar-refractivity contribution in [3.8, 4) is 0 Å². The maximum atomic E-state index is 5.97. The average molecular weight is 326 g/mol. The van der Waals surface area contributed by atoms with Gasteiger partial charge in [0.1, 0.15) is 0 Å². The van der Waals surface area contributed by atoms with Gasteiger partial charge in [0.05, 0.1) is 12.3 Å². The maximum absolute atomic E-state index is 5.97. The molecule has 1 atom stereocenters. The Labute approximate surface area is 143 Å². The van der Waals surface area contributed by atoms with Gasteiger partial charge in [0.15, 0.2) is 0 Å². The SMILES string of the molecule is CN1CCC(N2CC[C@H](c3nnc(Cc4ccccc4)o3)C2)CC1. The third-order valence-electron chi connectivity index (χ3n) is 5.45. The number of likely N-dealkylation sites (tertiary alicyclic amines) is 2. The molecule has 2 aliphatic heterocycles. The average Bonchev–Trinajstić information content (AvgIpc) is 3.26. The molecule has 128 valence electrons. The molecule has 5 nitrogen and oxygen atoms in total. The van der Waals surface area contributed by atoms with E-state index in [1.54, 1.807) is 0 Å². The first-order valence-corrected chi connectivity index (χ1v) is 9.07. The lowest BCUT2D eigenvalue weighted by Gasteiger charge is -2.35. The van der Waals surface area contributed by atoms with Crippen molar-refractivity contribution in [1.29, 1.82) is 0 Å². The molecule has 0 radical (unpaired) electrons. The summed E-state index contributed by atoms with van der Waals surface area (Å²) in [6.45, 7) is 4.66. The van der Waals surface area contributed by atoms with Crippen LogP contribution in [0.1, 0.15) is 42.5 Å². The molecule has 2 saturated heterocycles. The van der Waals surface area contributed by atoms with E-state index in [9.17, 15) is 0 Å². The van der Waals surface area contributed by atoms with Crippen LogP contribution in [0.25, 0.3) is 0 Å². The second-order valence-electron chi connectivity index (χ2n) is 7.21. The van der Waals surface area contributed by atoms with E-state index in [0.29, 0.717) is 5.92 Å². The first-order chi connectivity index (χ1) is 11.8. The third-order valence-corrected chi connectivity index (χ3v) is 5.45. The maximum Gasteiger partial charge on any atom is 0.220 e. The van der Waals surface area contributed by atoms with E-state index in [4.69, 9.17) is 4.42 Å². The molecule has 1 aromatic heterocycles. The van der Waals surface area contributed by atoms with Crippen LogP contribution in [0.3, 0.4) is 0 Å². The van der Waals surface area contributed by atoms with Gasteiger partial charge in [-0.3, -0.25) is 4.90 Å². The number of piperidine rings is 1. The fourth-order valence-electron chi connectivity index (χ4n) is 3.95. The van der Waals surface area contributed by atoms with Crippen LogP contribution in [-0.2, 0) is 6.42 Å². The summed E-state index contributed by atoms with van der Waals surface area (Å²) in [5, 5.41) is 8.60. The molecule has 2 aromatic rings. The van der Waals surface area contributed by atoms with Crippen LogP contribution >= 0.6 is 0 Å². The highest BCUT2D eigenvalue weighted by atomic mass is 16.4. The zero-order chi connectivity index (χ0) is 16.4. The second kappa shape index (κ2) is 7.03. The molecule has 1 aromatic carbocycles. The van der Waals surface area contributed by atoms with Gasteiger partial charge in [-0.2, -0.15) is 0 Å². The molecule has 0 amide bonds. The van der Waals surface area contributed by atoms with Gasteiger partial charge in [-0.15, -0.1) is 10.2 Å². The Kier molecular flexibility index (Phi) is 4.63. The zero-order valence-corrected chi connectivity index (χ0v) is 14.4. The lowest BCUT2D eigenvalue weighted by Crippen LogP contribution is -2.42. The molecule has 0 unspecified atom stereocenters. The monoisotopic (exact) mass is 326 g/mol. The molecule has 5 heteroatoms. The largest absolute Gasteiger partial charge is 0.425 e. The van der Waals surface area contributed by atoms with Crippen LogP contribution in [0.4, 0.5) is 0 Å². The standard InChI is InChI=1S/C19H26N4O/c1-22-10-8-17(9-11-22)23-12-7-16(14-23)19-21-20-18(24-19)13-15-5-3-2-4-6-15/h2-6,16-17H,7-14H2,1H3/t16-/m0/s1. The Morgan fingerprint density at radius 1 is 1.04 bits per heavy atom. The zero-order valence-electron chi connectivity index (χ0n) is 14.4. The Bertz CT molecular complexity index is 648. The number of hydrogen-bond donors (Lipinski definition) is 0. The number of nitrogens with zero attached hydrogens (tertiary/aromatic N) is 4. The van der Waals surface area contributed by atoms with Gasteiger partial charge in [0, 0.05) is 12.6 Å². The van der Waals surface area contributed by atoms with E-state index in [1.807, 2.05) is 18.2 Å². The summed E-state index contributed by atoms with van der Waals surface area (Å²) in [5.41, 5.74) is 1.21. The van der Waals surface area contributed by atoms with Crippen molar-refractivity contribution >= 4 is 0 Å². The van der Waals surface area contributed by atoms with Crippen molar-refractivity contribution in [2.75, 3.05) is 33.2 Å². The third kappa shape index (κ3) is 3.52. The highest BCUT2D eigenvalue weighted by molar-refractivity contribution is 5.18. The molecule has 0 bridgehead atoms. The molecular weight excluding hydrogens is 300 g/mol. The fraction of sp³-hybridized carbons (Fsp3) is 0.579. The molecule has 4 rings (SSSR count). The minimum Gasteiger partial charge on any atom is -0.425 e. The summed E-state index contributed by atoms with van der Waals surface area (Å²) < 4.78 is 5.97. The first-order valence-electron chi connectivity index (χ1n) is 9.07. The molecule has 0 aliphatic carbocycles. The van der Waals surface area contributed by atoms with E-state index in [-0.39, 0.29) is 0 Å². The van der Waals surface area contributed by atoms with Gasteiger partial charge in [-0.05, 0) is 51.5 Å². The summed E-state index contributed by atoms with van der Waals surface area (Å²) in [4.78, 5) is 5.07. The second-order valence-corrected chi connectivity index (χ2v) is 7.21. The van der Waals surface area contributed by atoms with Crippen LogP contribution in [0.15, 0.2) is 34.7 Å². The van der Waals surface area contributed by atoms with Gasteiger partial charge < -0.3 is 9.32 Å². The van der Waals surface area contributed by atoms with E-state index in [0.717, 1.165) is 43.8 Å². The first kappa shape index (κ1) is 15.8. The highest BCUT2D eigenvalue weighted by Crippen LogP contribution is 2.30. The van der Waals surface area contributed by atoms with Crippen LogP contribution in [0.5, 0.6) is 0 Å². The normalized spacial score (nSPS) is 23.8. The lowest BCUT2D eigenvalue weighted by atomic mass is 10.0. The van der Waals surface area contributed by atoms with Crippen molar-refractivity contribution in [2.45, 2.75) is 37.6 Å². The summed E-state index contributed by atoms with van der Waals surface area (Å²) in [6, 6.07) is 11.0. The molecule has 24 heavy (non-hydrogen) atoms. The fourth-order valence-corrected chi connectivity index (χ4v) is 3.95. The Morgan fingerprint density at radius 2 is 1.83 bits per heavy atom. The van der Waals surface area contributed by atoms with E-state index < -0.39 is 0 Å². The van der Waals surface area contributed by atoms with E-state index in [2.05, 4.69) is 39.2 Å². The van der Waals surface area contributed by atoms with E-state index >= 15 is 0 Å². The number of benzene rings is 1. The van der Waals surface area contributed by atoms with Crippen molar-refractivity contribution in [1.82, 2.24) is 20.0 Å². The van der Waals surface area contributed by atoms with Crippen LogP contribution < -0.4 is 0 Å². The molecule has 2 fully saturated rings. The van der Waals surface area contributed by atoms with Crippen molar-refractivity contribution < 1.29 is 4.42 Å². The summed E-state index contributed by atoms with van der Waals surface area (Å²) in [5.74, 6) is 1.96. The summed E-state index contributed by atoms with van der Waals surface area (Å²) in [6.07, 6.45) is 4.43. The molecule has 0 spiro atoms. The predicted octanol–water partition coefficient (Wildman–Crippen LogP) is 2.54. The minimum absolute atomic E-state index is 0.404. The van der Waals surface area contributed by atoms with Gasteiger partial charge in [-0.25, -0.2) is 0 Å². The van der Waals surface area contributed by atoms with Gasteiger partial charge in [0.2, 0.25) is 11.8 Å². The van der Waals surface area contributed by atoms with Crippen molar-refractivity contribution in [3.63, 3.8) is 0 Å². The lowest BCUT2D eigenvalue weighted by molar-refractivity contribution is 0.141. The van der Waals surface area contributed by atoms with Crippen LogP contribution in [-0.4, -0.2) is 59.3 Å². The van der Waals surface area contributed by atoms with Crippen molar-refractivity contribution in [2.24, 2.45) is 0 Å². The molecular formula is C19H26N4O. The Balaban J connectivity index is 1.35. The van der Waals surface area contributed by atoms with Gasteiger partial charge in [0.25, 0.3) is 0 Å². The molecule has 3 heterocycles. The van der Waals surface area contributed by atoms with E-state index in [1.165, 1.54) is 31.5 Å². The minimum atomic E-state index is 0.404. The smallest absolute Gasteiger partial charge is 0.220 e. The number of aromatic nitrogens is 2.